The van der Waals surface area contributed by atoms with Gasteiger partial charge >= 0.3 is 0 Å². The van der Waals surface area contributed by atoms with Gasteiger partial charge in [0, 0.05) is 6.42 Å². The molecule has 1 aromatic carbocycles. The average Bonchev–Trinajstić information content (AvgIpc) is 2.32. The van der Waals surface area contributed by atoms with E-state index in [4.69, 9.17) is 17.3 Å². The summed E-state index contributed by atoms with van der Waals surface area (Å²) in [6.07, 6.45) is 1.31. The largest absolute Gasteiger partial charge is 0.319 e. The van der Waals surface area contributed by atoms with Crippen molar-refractivity contribution in [3.8, 4) is 0 Å². The van der Waals surface area contributed by atoms with Crippen LogP contribution < -0.4 is 5.73 Å². The molecule has 1 aromatic rings. The first-order chi connectivity index (χ1) is 7.92. The van der Waals surface area contributed by atoms with Crippen LogP contribution in [-0.2, 0) is 11.2 Å². The summed E-state index contributed by atoms with van der Waals surface area (Å²) in [6.45, 7) is 3.76. The molecule has 0 atom stereocenters. The summed E-state index contributed by atoms with van der Waals surface area (Å²) in [7, 11) is 0. The fourth-order valence-corrected chi connectivity index (χ4v) is 1.77. The molecule has 0 aliphatic heterocycles. The molecule has 0 saturated heterocycles. The van der Waals surface area contributed by atoms with Crippen LogP contribution in [0.5, 0.6) is 0 Å². The Balaban J connectivity index is 2.84. The van der Waals surface area contributed by atoms with Gasteiger partial charge in [0.2, 0.25) is 0 Å². The van der Waals surface area contributed by atoms with Crippen molar-refractivity contribution in [3.05, 3.63) is 34.6 Å². The van der Waals surface area contributed by atoms with Crippen LogP contribution in [0.1, 0.15) is 32.3 Å². The molecule has 4 heteroatoms. The van der Waals surface area contributed by atoms with Crippen LogP contribution in [0, 0.1) is 5.82 Å². The lowest BCUT2D eigenvalue weighted by Crippen LogP contribution is -2.47. The standard InChI is InChI=1S/C13H17ClFNO/c1-3-13(16,4-2)12(17)8-9-5-6-10(14)11(15)7-9/h5-7H,3-4,8,16H2,1-2H3. The van der Waals surface area contributed by atoms with E-state index in [9.17, 15) is 9.18 Å². The summed E-state index contributed by atoms with van der Waals surface area (Å²) in [6, 6.07) is 4.39. The van der Waals surface area contributed by atoms with E-state index in [0.29, 0.717) is 18.4 Å². The molecule has 0 spiro atoms. The minimum atomic E-state index is -0.809. The quantitative estimate of drug-likeness (QED) is 0.881. The summed E-state index contributed by atoms with van der Waals surface area (Å²) in [5, 5.41) is 0.0613. The maximum absolute atomic E-state index is 13.2. The van der Waals surface area contributed by atoms with Crippen LogP contribution >= 0.6 is 11.6 Å². The average molecular weight is 258 g/mol. The van der Waals surface area contributed by atoms with Gasteiger partial charge in [-0.15, -0.1) is 0 Å². The summed E-state index contributed by atoms with van der Waals surface area (Å²) < 4.78 is 13.2. The van der Waals surface area contributed by atoms with Gasteiger partial charge in [0.1, 0.15) is 5.82 Å². The van der Waals surface area contributed by atoms with Crippen LogP contribution in [0.2, 0.25) is 5.02 Å². The van der Waals surface area contributed by atoms with Crippen LogP contribution in [0.3, 0.4) is 0 Å². The van der Waals surface area contributed by atoms with Gasteiger partial charge in [0.25, 0.3) is 0 Å². The van der Waals surface area contributed by atoms with Crippen molar-refractivity contribution in [1.29, 1.82) is 0 Å². The van der Waals surface area contributed by atoms with E-state index < -0.39 is 11.4 Å². The first-order valence-electron chi connectivity index (χ1n) is 5.69. The van der Waals surface area contributed by atoms with Gasteiger partial charge in [-0.05, 0) is 30.5 Å². The lowest BCUT2D eigenvalue weighted by molar-refractivity contribution is -0.123. The number of hydrogen-bond donors (Lipinski definition) is 1. The maximum atomic E-state index is 13.2. The van der Waals surface area contributed by atoms with E-state index >= 15 is 0 Å². The highest BCUT2D eigenvalue weighted by atomic mass is 35.5. The summed E-state index contributed by atoms with van der Waals surface area (Å²) in [5.74, 6) is -0.572. The summed E-state index contributed by atoms with van der Waals surface area (Å²) in [5.41, 5.74) is 5.78. The van der Waals surface area contributed by atoms with Crippen molar-refractivity contribution in [2.75, 3.05) is 0 Å². The maximum Gasteiger partial charge on any atom is 0.156 e. The van der Waals surface area contributed by atoms with Crippen molar-refractivity contribution in [2.45, 2.75) is 38.6 Å². The predicted octanol–water partition coefficient (Wildman–Crippen LogP) is 3.11. The number of rotatable bonds is 5. The fourth-order valence-electron chi connectivity index (χ4n) is 1.66. The molecule has 0 aromatic heterocycles. The number of halogens is 2. The number of carbonyl (C=O) groups is 1. The van der Waals surface area contributed by atoms with E-state index in [2.05, 4.69) is 0 Å². The van der Waals surface area contributed by atoms with Crippen molar-refractivity contribution >= 4 is 17.4 Å². The molecule has 2 N–H and O–H groups in total. The molecule has 0 amide bonds. The van der Waals surface area contributed by atoms with E-state index in [0.717, 1.165) is 0 Å². The molecule has 0 aliphatic rings. The number of ketones is 1. The fraction of sp³-hybridized carbons (Fsp3) is 0.462. The van der Waals surface area contributed by atoms with Crippen LogP contribution in [-0.4, -0.2) is 11.3 Å². The van der Waals surface area contributed by atoms with Gasteiger partial charge in [0.15, 0.2) is 5.78 Å². The van der Waals surface area contributed by atoms with E-state index in [1.807, 2.05) is 13.8 Å². The first kappa shape index (κ1) is 14.1. The third kappa shape index (κ3) is 3.27. The Morgan fingerprint density at radius 3 is 2.47 bits per heavy atom. The zero-order valence-corrected chi connectivity index (χ0v) is 10.9. The third-order valence-electron chi connectivity index (χ3n) is 3.17. The minimum absolute atomic E-state index is 0.0613. The number of carbonyl (C=O) groups excluding carboxylic acids is 1. The molecular formula is C13H17ClFNO. The summed E-state index contributed by atoms with van der Waals surface area (Å²) >= 11 is 5.58. The van der Waals surface area contributed by atoms with Gasteiger partial charge in [-0.3, -0.25) is 4.79 Å². The van der Waals surface area contributed by atoms with Gasteiger partial charge in [0.05, 0.1) is 10.6 Å². The number of benzene rings is 1. The molecular weight excluding hydrogens is 241 g/mol. The lowest BCUT2D eigenvalue weighted by atomic mass is 9.86. The second-order valence-corrected chi connectivity index (χ2v) is 4.62. The predicted molar refractivity (Wildman–Crippen MR) is 67.6 cm³/mol. The van der Waals surface area contributed by atoms with Crippen molar-refractivity contribution < 1.29 is 9.18 Å². The Bertz CT molecular complexity index is 416. The normalized spacial score (nSPS) is 11.6. The SMILES string of the molecule is CCC(N)(CC)C(=O)Cc1ccc(Cl)c(F)c1. The minimum Gasteiger partial charge on any atom is -0.319 e. The van der Waals surface area contributed by atoms with E-state index in [-0.39, 0.29) is 17.2 Å². The topological polar surface area (TPSA) is 43.1 Å². The van der Waals surface area contributed by atoms with Crippen LogP contribution in [0.4, 0.5) is 4.39 Å². The molecule has 17 heavy (non-hydrogen) atoms. The van der Waals surface area contributed by atoms with Gasteiger partial charge in [-0.1, -0.05) is 31.5 Å². The summed E-state index contributed by atoms with van der Waals surface area (Å²) in [4.78, 5) is 12.0. The van der Waals surface area contributed by atoms with Gasteiger partial charge in [-0.25, -0.2) is 4.39 Å². The molecule has 0 unspecified atom stereocenters. The number of nitrogens with two attached hydrogens (primary N) is 1. The zero-order chi connectivity index (χ0) is 13.1. The molecule has 0 saturated carbocycles. The Hall–Kier alpha value is -0.930. The van der Waals surface area contributed by atoms with Crippen molar-refractivity contribution in [3.63, 3.8) is 0 Å². The Morgan fingerprint density at radius 1 is 1.41 bits per heavy atom. The Labute approximate surface area is 106 Å². The second-order valence-electron chi connectivity index (χ2n) is 4.21. The first-order valence-corrected chi connectivity index (χ1v) is 6.07. The molecule has 0 radical (unpaired) electrons. The molecule has 1 rings (SSSR count). The molecule has 0 aliphatic carbocycles. The molecule has 2 nitrogen and oxygen atoms in total. The number of hydrogen-bond acceptors (Lipinski definition) is 2. The monoisotopic (exact) mass is 257 g/mol. The third-order valence-corrected chi connectivity index (χ3v) is 3.47. The van der Waals surface area contributed by atoms with Gasteiger partial charge in [-0.2, -0.15) is 0 Å². The van der Waals surface area contributed by atoms with Gasteiger partial charge < -0.3 is 5.73 Å². The Kier molecular flexibility index (Phi) is 4.66. The second kappa shape index (κ2) is 5.61. The van der Waals surface area contributed by atoms with Crippen molar-refractivity contribution in [2.24, 2.45) is 5.73 Å². The number of Topliss-reactive ketones (excluding diaryl/α,β-unsaturated/α-hetero) is 1. The van der Waals surface area contributed by atoms with Crippen LogP contribution in [0.25, 0.3) is 0 Å². The van der Waals surface area contributed by atoms with E-state index in [1.165, 1.54) is 12.1 Å². The highest BCUT2D eigenvalue weighted by Gasteiger charge is 2.29. The Morgan fingerprint density at radius 2 is 2.00 bits per heavy atom. The highest BCUT2D eigenvalue weighted by molar-refractivity contribution is 6.30. The molecule has 0 heterocycles. The smallest absolute Gasteiger partial charge is 0.156 e. The molecule has 0 bridgehead atoms. The highest BCUT2D eigenvalue weighted by Crippen LogP contribution is 2.19. The van der Waals surface area contributed by atoms with E-state index in [1.54, 1.807) is 6.07 Å². The van der Waals surface area contributed by atoms with Crippen LogP contribution in [0.15, 0.2) is 18.2 Å². The van der Waals surface area contributed by atoms with Crippen molar-refractivity contribution in [1.82, 2.24) is 0 Å². The zero-order valence-electron chi connectivity index (χ0n) is 10.1. The molecule has 94 valence electrons. The molecule has 0 fully saturated rings. The lowest BCUT2D eigenvalue weighted by Gasteiger charge is -2.24.